The van der Waals surface area contributed by atoms with Crippen LogP contribution in [0.15, 0.2) is 291 Å². The molecular weight excluding hydrogens is 1310 g/mol. The molecule has 2 aliphatic carbocycles. The molecule has 6 heterocycles. The fourth-order valence-corrected chi connectivity index (χ4v) is 18.2. The largest absolute Gasteiger partial charge is 0.633 e. The molecule has 14 aromatic carbocycles. The van der Waals surface area contributed by atoms with Crippen LogP contribution in [0, 0.1) is 27.7 Å². The Hall–Kier alpha value is -11.1. The van der Waals surface area contributed by atoms with Crippen molar-refractivity contribution in [2.24, 2.45) is 0 Å². The number of nitrogens with zero attached hydrogens (tertiary/aromatic N) is 2. The zero-order valence-corrected chi connectivity index (χ0v) is 58.4. The Morgan fingerprint density at radius 1 is 0.255 bits per heavy atom. The molecule has 0 saturated heterocycles. The topological polar surface area (TPSA) is 43.4 Å². The molecule has 0 N–H and O–H groups in total. The third kappa shape index (κ3) is 8.70. The highest BCUT2D eigenvalue weighted by molar-refractivity contribution is 6.69. The fourth-order valence-electron chi connectivity index (χ4n) is 18.2. The summed E-state index contributed by atoms with van der Waals surface area (Å²) < 4.78 is 25.3. The smallest absolute Gasteiger partial charge is 0.521 e. The number of hydrogen-bond donors (Lipinski definition) is 0. The lowest BCUT2D eigenvalue weighted by Gasteiger charge is -2.45. The van der Waals surface area contributed by atoms with Crippen LogP contribution in [-0.2, 0) is 10.8 Å². The van der Waals surface area contributed by atoms with Crippen molar-refractivity contribution in [2.75, 3.05) is 9.80 Å². The highest BCUT2D eigenvalue weighted by atomic mass is 35.6. The van der Waals surface area contributed by atoms with Crippen molar-refractivity contribution in [1.29, 1.82) is 0 Å². The van der Waals surface area contributed by atoms with Gasteiger partial charge >= 0.3 is 14.2 Å². The molecule has 6 aliphatic heterocycles. The number of fused-ring (bicyclic) bond motifs is 26. The molecule has 6 nitrogen and oxygen atoms in total. The third-order valence-corrected chi connectivity index (χ3v) is 22.1. The molecule has 0 aromatic heterocycles. The molecule has 0 bridgehead atoms. The molecule has 102 heavy (non-hydrogen) atoms. The van der Waals surface area contributed by atoms with Crippen LogP contribution in [0.25, 0.3) is 66.8 Å². The Balaban J connectivity index is 0.000000130. The minimum absolute atomic E-state index is 0.457. The Labute approximate surface area is 608 Å². The van der Waals surface area contributed by atoms with Gasteiger partial charge in [0, 0.05) is 44.6 Å². The molecule has 0 saturated carbocycles. The van der Waals surface area contributed by atoms with Gasteiger partial charge in [-0.05, 0) is 190 Å². The zero-order chi connectivity index (χ0) is 68.4. The third-order valence-electron chi connectivity index (χ3n) is 22.1. The predicted octanol–water partition coefficient (Wildman–Crippen LogP) is 22.5. The second kappa shape index (κ2) is 23.0. The van der Waals surface area contributed by atoms with E-state index in [-0.39, 0.29) is 0 Å². The van der Waals surface area contributed by atoms with Crippen molar-refractivity contribution >= 4 is 94.1 Å². The summed E-state index contributed by atoms with van der Waals surface area (Å²) in [7, 11) is -1.02. The van der Waals surface area contributed by atoms with Gasteiger partial charge in [-0.1, -0.05) is 275 Å². The molecular formula is C91H61B2Cl3N2O4. The van der Waals surface area contributed by atoms with Crippen molar-refractivity contribution < 1.29 is 18.6 Å². The highest BCUT2D eigenvalue weighted by Gasteiger charge is 2.55. The van der Waals surface area contributed by atoms with Gasteiger partial charge in [0.15, 0.2) is 4.30 Å². The van der Waals surface area contributed by atoms with E-state index in [1.807, 2.05) is 48.5 Å². The quantitative estimate of drug-likeness (QED) is 0.127. The maximum absolute atomic E-state index is 6.51. The number of benzene rings is 14. The van der Waals surface area contributed by atoms with Crippen molar-refractivity contribution in [2.45, 2.75) is 42.8 Å². The molecule has 0 radical (unpaired) electrons. The van der Waals surface area contributed by atoms with Gasteiger partial charge in [-0.2, -0.15) is 0 Å². The van der Waals surface area contributed by atoms with Gasteiger partial charge in [-0.3, -0.25) is 0 Å². The molecule has 8 aliphatic rings. The molecule has 22 rings (SSSR count). The van der Waals surface area contributed by atoms with E-state index >= 15 is 0 Å². The van der Waals surface area contributed by atoms with E-state index in [1.165, 1.54) is 112 Å². The lowest BCUT2D eigenvalue weighted by molar-refractivity contribution is 0.435. The lowest BCUT2D eigenvalue weighted by Crippen LogP contribution is -2.49. The van der Waals surface area contributed by atoms with Crippen LogP contribution in [0.3, 0.4) is 0 Å². The van der Waals surface area contributed by atoms with E-state index in [2.05, 4.69) is 280 Å². The predicted molar refractivity (Wildman–Crippen MR) is 419 cm³/mol. The molecule has 0 fully saturated rings. The summed E-state index contributed by atoms with van der Waals surface area (Å²) in [5.74, 6) is 3.36. The van der Waals surface area contributed by atoms with E-state index in [1.54, 1.807) is 0 Å². The first-order valence-corrected chi connectivity index (χ1v) is 36.0. The first kappa shape index (κ1) is 60.8. The molecule has 2 spiro atoms. The molecule has 14 aromatic rings. The Morgan fingerprint density at radius 3 is 0.716 bits per heavy atom. The van der Waals surface area contributed by atoms with E-state index in [4.69, 9.17) is 53.4 Å². The number of halogens is 3. The normalized spacial score (nSPS) is 14.5. The molecule has 0 amide bonds. The summed E-state index contributed by atoms with van der Waals surface area (Å²) in [5, 5.41) is 0. The standard InChI is InChI=1S/2C45H30BNO2.CHCl3/c2*1-27-19-21-40-38(23-27)45(36-15-7-3-11-30(36)31-12-4-8-16-37(31)45)39-24-28(2)20-22-41(39)47(40)29-25-34-32-13-5-9-17-42(32)48-46-44(34)35(26-29)33-14-6-10-18-43(33)49-46;2-1(3)4/h2*3-26H,1-2H3;1H. The van der Waals surface area contributed by atoms with Gasteiger partial charge in [-0.15, -0.1) is 0 Å². The van der Waals surface area contributed by atoms with Gasteiger partial charge in [0.05, 0.1) is 33.6 Å². The van der Waals surface area contributed by atoms with Crippen LogP contribution in [0.1, 0.15) is 66.8 Å². The molecule has 486 valence electrons. The SMILES string of the molecule is Cc1ccc2c(c1)C1(c3ccccc3-c3ccccc31)c1cc(C)ccc1N2c1cc2c3c(c1)-c1ccccc1OB3Oc1ccccc1-2.Cc1ccc2c(c1)C1(c3ccccc3-c3ccccc31)c1cc(C)ccc1N2c1cc2c3c(c1)-c1ccccc1OB3Oc1ccccc1-2.ClC(Cl)Cl. The zero-order valence-electron chi connectivity index (χ0n) is 56.1. The van der Waals surface area contributed by atoms with Crippen molar-refractivity contribution in [3.05, 3.63) is 358 Å². The van der Waals surface area contributed by atoms with Gasteiger partial charge in [-0.25, -0.2) is 0 Å². The van der Waals surface area contributed by atoms with E-state index in [0.29, 0.717) is 0 Å². The summed E-state index contributed by atoms with van der Waals surface area (Å²) in [5.41, 5.74) is 38.0. The van der Waals surface area contributed by atoms with Crippen LogP contribution in [0.4, 0.5) is 34.1 Å². The minimum Gasteiger partial charge on any atom is -0.521 e. The van der Waals surface area contributed by atoms with E-state index < -0.39 is 29.4 Å². The molecule has 11 heteroatoms. The van der Waals surface area contributed by atoms with Crippen LogP contribution < -0.4 is 39.3 Å². The number of para-hydroxylation sites is 4. The maximum Gasteiger partial charge on any atom is 0.633 e. The second-order valence-electron chi connectivity index (χ2n) is 27.7. The van der Waals surface area contributed by atoms with E-state index in [0.717, 1.165) is 89.8 Å². The average molecular weight is 1370 g/mol. The van der Waals surface area contributed by atoms with Gasteiger partial charge in [0.25, 0.3) is 0 Å². The second-order valence-corrected chi connectivity index (χ2v) is 29.7. The van der Waals surface area contributed by atoms with Crippen LogP contribution in [0.2, 0.25) is 0 Å². The first-order valence-electron chi connectivity index (χ1n) is 34.7. The van der Waals surface area contributed by atoms with Crippen LogP contribution in [-0.4, -0.2) is 18.5 Å². The summed E-state index contributed by atoms with van der Waals surface area (Å²) in [4.78, 5) is 5.00. The minimum atomic E-state index is -0.750. The van der Waals surface area contributed by atoms with E-state index in [9.17, 15) is 0 Å². The Morgan fingerprint density at radius 2 is 0.471 bits per heavy atom. The summed E-state index contributed by atoms with van der Waals surface area (Å²) in [6.45, 7) is 8.86. The van der Waals surface area contributed by atoms with Gasteiger partial charge in [0.1, 0.15) is 23.0 Å². The Kier molecular flexibility index (Phi) is 13.7. The van der Waals surface area contributed by atoms with Crippen LogP contribution >= 0.6 is 34.8 Å². The summed E-state index contributed by atoms with van der Waals surface area (Å²) in [6.07, 6.45) is 0. The lowest BCUT2D eigenvalue weighted by atomic mass is 9.64. The Bertz CT molecular complexity index is 5230. The maximum atomic E-state index is 6.51. The number of hydrogen-bond acceptors (Lipinski definition) is 6. The molecule has 0 atom stereocenters. The first-order chi connectivity index (χ1) is 49.9. The van der Waals surface area contributed by atoms with Gasteiger partial charge in [0.2, 0.25) is 0 Å². The summed E-state index contributed by atoms with van der Waals surface area (Å²) in [6, 6.07) is 107. The number of anilines is 6. The molecule has 0 unspecified atom stereocenters. The van der Waals surface area contributed by atoms with Crippen LogP contribution in [0.5, 0.6) is 23.0 Å². The van der Waals surface area contributed by atoms with Crippen molar-refractivity contribution in [3.63, 3.8) is 0 Å². The average Bonchev–Trinajstić information content (AvgIpc) is 1.33. The summed E-state index contributed by atoms with van der Waals surface area (Å²) >= 11 is 14.4. The van der Waals surface area contributed by atoms with Gasteiger partial charge < -0.3 is 28.4 Å². The van der Waals surface area contributed by atoms with Crippen molar-refractivity contribution in [3.8, 4) is 89.8 Å². The fraction of sp³-hybridized carbons (Fsp3) is 0.0769. The number of alkyl halides is 3. The highest BCUT2D eigenvalue weighted by Crippen LogP contribution is 2.66. The van der Waals surface area contributed by atoms with Crippen molar-refractivity contribution in [1.82, 2.24) is 0 Å². The number of rotatable bonds is 2. The monoisotopic (exact) mass is 1370 g/mol. The number of aryl methyl sites for hydroxylation is 4.